The second-order valence-electron chi connectivity index (χ2n) is 9.26. The van der Waals surface area contributed by atoms with Crippen LogP contribution in [0.5, 0.6) is 0 Å². The highest BCUT2D eigenvalue weighted by Crippen LogP contribution is 2.10. The lowest BCUT2D eigenvalue weighted by Crippen LogP contribution is -2.12. The third-order valence-corrected chi connectivity index (χ3v) is 5.42. The van der Waals surface area contributed by atoms with Crippen LogP contribution in [0.15, 0.2) is 0 Å². The molecular formula is C26H58N2. The normalized spacial score (nSPS) is 11.1. The van der Waals surface area contributed by atoms with Gasteiger partial charge in [0.15, 0.2) is 0 Å². The van der Waals surface area contributed by atoms with E-state index in [0.717, 1.165) is 0 Å². The lowest BCUT2D eigenvalue weighted by Gasteiger charge is -2.08. The van der Waals surface area contributed by atoms with Crippen molar-refractivity contribution in [1.29, 1.82) is 0 Å². The number of hydrogen-bond donors (Lipinski definition) is 0. The van der Waals surface area contributed by atoms with Gasteiger partial charge in [0.25, 0.3) is 0 Å². The number of rotatable bonds is 20. The van der Waals surface area contributed by atoms with Crippen LogP contribution >= 0.6 is 0 Å². The van der Waals surface area contributed by atoms with Crippen molar-refractivity contribution in [2.24, 2.45) is 0 Å². The predicted octanol–water partition coefficient (Wildman–Crippen LogP) is 8.16. The van der Waals surface area contributed by atoms with Gasteiger partial charge in [0, 0.05) is 0 Å². The van der Waals surface area contributed by atoms with E-state index in [1.807, 2.05) is 0 Å². The summed E-state index contributed by atoms with van der Waals surface area (Å²) in [6.07, 6.45) is 25.7. The van der Waals surface area contributed by atoms with Crippen molar-refractivity contribution < 1.29 is 0 Å². The standard InChI is InChI=1S/2C13H29N/c2*1-4-5-6-7-8-9-10-11-12-13-14(2)3/h2*4-13H2,1-3H3. The van der Waals surface area contributed by atoms with Crippen LogP contribution in [0, 0.1) is 0 Å². The van der Waals surface area contributed by atoms with Gasteiger partial charge in [0.2, 0.25) is 0 Å². The first-order chi connectivity index (χ1) is 13.5. The summed E-state index contributed by atoms with van der Waals surface area (Å²) in [5, 5.41) is 0. The van der Waals surface area contributed by atoms with E-state index in [1.54, 1.807) is 0 Å². The fraction of sp³-hybridized carbons (Fsp3) is 1.00. The van der Waals surface area contributed by atoms with E-state index in [-0.39, 0.29) is 0 Å². The van der Waals surface area contributed by atoms with Gasteiger partial charge in [-0.25, -0.2) is 0 Å². The van der Waals surface area contributed by atoms with Crippen molar-refractivity contribution in [3.63, 3.8) is 0 Å². The number of hydrogen-bond acceptors (Lipinski definition) is 2. The maximum atomic E-state index is 2.28. The lowest BCUT2D eigenvalue weighted by molar-refractivity contribution is 0.389. The zero-order valence-electron chi connectivity index (χ0n) is 21.0. The predicted molar refractivity (Wildman–Crippen MR) is 132 cm³/mol. The zero-order chi connectivity index (χ0) is 21.3. The van der Waals surface area contributed by atoms with E-state index < -0.39 is 0 Å². The fourth-order valence-corrected chi connectivity index (χ4v) is 3.48. The molecular weight excluding hydrogens is 340 g/mol. The molecule has 0 aromatic rings. The molecule has 0 aliphatic carbocycles. The van der Waals surface area contributed by atoms with Gasteiger partial charge in [0.05, 0.1) is 0 Å². The first-order valence-corrected chi connectivity index (χ1v) is 12.8. The van der Waals surface area contributed by atoms with Gasteiger partial charge >= 0.3 is 0 Å². The smallest absolute Gasteiger partial charge is 0.00248 e. The van der Waals surface area contributed by atoms with Crippen molar-refractivity contribution in [3.05, 3.63) is 0 Å². The molecule has 2 nitrogen and oxygen atoms in total. The average Bonchev–Trinajstić information content (AvgIpc) is 2.65. The van der Waals surface area contributed by atoms with Gasteiger partial charge in [-0.2, -0.15) is 0 Å². The van der Waals surface area contributed by atoms with Gasteiger partial charge < -0.3 is 9.80 Å². The Morgan fingerprint density at radius 3 is 0.750 bits per heavy atom. The van der Waals surface area contributed by atoms with Crippen molar-refractivity contribution in [1.82, 2.24) is 9.80 Å². The Balaban J connectivity index is 0. The Hall–Kier alpha value is -0.0800. The van der Waals surface area contributed by atoms with Gasteiger partial charge in [-0.1, -0.05) is 117 Å². The molecule has 0 heterocycles. The summed E-state index contributed by atoms with van der Waals surface area (Å²) in [5.74, 6) is 0. The van der Waals surface area contributed by atoms with Crippen LogP contribution in [0.4, 0.5) is 0 Å². The van der Waals surface area contributed by atoms with Crippen molar-refractivity contribution in [3.8, 4) is 0 Å². The summed E-state index contributed by atoms with van der Waals surface area (Å²) in [6.45, 7) is 7.08. The molecule has 0 atom stereocenters. The van der Waals surface area contributed by atoms with E-state index in [1.165, 1.54) is 129 Å². The number of nitrogens with zero attached hydrogens (tertiary/aromatic N) is 2. The second kappa shape index (κ2) is 26.9. The van der Waals surface area contributed by atoms with Crippen LogP contribution in [-0.4, -0.2) is 51.1 Å². The molecule has 0 aliphatic rings. The minimum atomic E-state index is 1.26. The van der Waals surface area contributed by atoms with Crippen LogP contribution in [0.25, 0.3) is 0 Å². The van der Waals surface area contributed by atoms with Crippen molar-refractivity contribution in [2.45, 2.75) is 129 Å². The van der Waals surface area contributed by atoms with Crippen molar-refractivity contribution in [2.75, 3.05) is 41.3 Å². The van der Waals surface area contributed by atoms with Gasteiger partial charge in [0.1, 0.15) is 0 Å². The van der Waals surface area contributed by atoms with E-state index in [2.05, 4.69) is 51.8 Å². The molecule has 0 rings (SSSR count). The van der Waals surface area contributed by atoms with Crippen LogP contribution in [0.3, 0.4) is 0 Å². The summed E-state index contributed by atoms with van der Waals surface area (Å²) in [7, 11) is 8.63. The summed E-state index contributed by atoms with van der Waals surface area (Å²) in [6, 6.07) is 0. The minimum Gasteiger partial charge on any atom is -0.309 e. The van der Waals surface area contributed by atoms with E-state index >= 15 is 0 Å². The van der Waals surface area contributed by atoms with Gasteiger partial charge in [-0.05, 0) is 54.1 Å². The first kappa shape index (κ1) is 30.1. The molecule has 0 saturated carbocycles. The SMILES string of the molecule is CCCCCCCCCCCN(C)C.CCCCCCCCCCCN(C)C. The lowest BCUT2D eigenvalue weighted by atomic mass is 10.1. The molecule has 0 fully saturated rings. The first-order valence-electron chi connectivity index (χ1n) is 12.8. The Morgan fingerprint density at radius 1 is 0.321 bits per heavy atom. The highest BCUT2D eigenvalue weighted by molar-refractivity contribution is 4.49. The molecule has 0 radical (unpaired) electrons. The summed E-state index contributed by atoms with van der Waals surface area (Å²) in [5.41, 5.74) is 0. The summed E-state index contributed by atoms with van der Waals surface area (Å²) < 4.78 is 0. The quantitative estimate of drug-likeness (QED) is 0.191. The van der Waals surface area contributed by atoms with E-state index in [9.17, 15) is 0 Å². The maximum absolute atomic E-state index is 2.28. The Bertz CT molecular complexity index is 225. The largest absolute Gasteiger partial charge is 0.309 e. The van der Waals surface area contributed by atoms with E-state index in [0.29, 0.717) is 0 Å². The molecule has 0 spiro atoms. The molecule has 0 bridgehead atoms. The monoisotopic (exact) mass is 398 g/mol. The van der Waals surface area contributed by atoms with E-state index in [4.69, 9.17) is 0 Å². The Kier molecular flexibility index (Phi) is 29.0. The summed E-state index contributed by atoms with van der Waals surface area (Å²) in [4.78, 5) is 4.56. The fourth-order valence-electron chi connectivity index (χ4n) is 3.48. The highest BCUT2D eigenvalue weighted by Gasteiger charge is 1.94. The third kappa shape index (κ3) is 33.5. The maximum Gasteiger partial charge on any atom is -0.00248 e. The number of unbranched alkanes of at least 4 members (excludes halogenated alkanes) is 16. The van der Waals surface area contributed by atoms with Crippen LogP contribution in [-0.2, 0) is 0 Å². The third-order valence-electron chi connectivity index (χ3n) is 5.42. The molecule has 28 heavy (non-hydrogen) atoms. The Labute approximate surface area is 180 Å². The van der Waals surface area contributed by atoms with Gasteiger partial charge in [-0.3, -0.25) is 0 Å². The molecule has 0 aliphatic heterocycles. The van der Waals surface area contributed by atoms with Crippen molar-refractivity contribution >= 4 is 0 Å². The van der Waals surface area contributed by atoms with Gasteiger partial charge in [-0.15, -0.1) is 0 Å². The van der Waals surface area contributed by atoms with Crippen LogP contribution < -0.4 is 0 Å². The van der Waals surface area contributed by atoms with Crippen LogP contribution in [0.1, 0.15) is 129 Å². The molecule has 2 heteroatoms. The highest BCUT2D eigenvalue weighted by atomic mass is 15.0. The molecule has 0 amide bonds. The molecule has 0 saturated heterocycles. The minimum absolute atomic E-state index is 1.26. The van der Waals surface area contributed by atoms with Crippen LogP contribution in [0.2, 0.25) is 0 Å². The average molecular weight is 399 g/mol. The molecule has 172 valence electrons. The zero-order valence-corrected chi connectivity index (χ0v) is 21.0. The molecule has 0 aromatic heterocycles. The Morgan fingerprint density at radius 2 is 0.536 bits per heavy atom. The molecule has 0 aromatic carbocycles. The molecule has 0 unspecified atom stereocenters. The topological polar surface area (TPSA) is 6.48 Å². The second-order valence-corrected chi connectivity index (χ2v) is 9.26. The molecule has 0 N–H and O–H groups in total. The summed E-state index contributed by atoms with van der Waals surface area (Å²) >= 11 is 0.